The van der Waals surface area contributed by atoms with Crippen molar-refractivity contribution in [3.63, 3.8) is 0 Å². The summed E-state index contributed by atoms with van der Waals surface area (Å²) in [6, 6.07) is 31.0. The molecule has 0 radical (unpaired) electrons. The average Bonchev–Trinajstić information content (AvgIpc) is 3.75. The van der Waals surface area contributed by atoms with Crippen LogP contribution in [0.25, 0.3) is 45.8 Å². The molecule has 0 unspecified atom stereocenters. The number of aryl methyl sites for hydroxylation is 2. The largest absolute Gasteiger partial charge is 0.497 e. The van der Waals surface area contributed by atoms with Crippen molar-refractivity contribution in [2.24, 2.45) is 0 Å². The van der Waals surface area contributed by atoms with Crippen LogP contribution >= 0.6 is 0 Å². The number of ether oxygens (including phenoxy) is 2. The third-order valence-corrected chi connectivity index (χ3v) is 6.10. The van der Waals surface area contributed by atoms with Gasteiger partial charge in [0, 0.05) is 22.3 Å². The highest BCUT2D eigenvalue weighted by Crippen LogP contribution is 2.27. The van der Waals surface area contributed by atoms with Crippen molar-refractivity contribution < 1.29 is 18.3 Å². The van der Waals surface area contributed by atoms with Crippen LogP contribution in [-0.2, 0) is 0 Å². The van der Waals surface area contributed by atoms with Gasteiger partial charge in [-0.15, -0.1) is 20.4 Å². The molecule has 0 amide bonds. The lowest BCUT2D eigenvalue weighted by atomic mass is 10.1. The second-order valence-corrected chi connectivity index (χ2v) is 9.02. The predicted molar refractivity (Wildman–Crippen MR) is 164 cm³/mol. The fourth-order valence-electron chi connectivity index (χ4n) is 3.80. The van der Waals surface area contributed by atoms with Gasteiger partial charge >= 0.3 is 0 Å². The lowest BCUT2D eigenvalue weighted by Gasteiger charge is -2.00. The molecule has 2 aromatic heterocycles. The van der Waals surface area contributed by atoms with Gasteiger partial charge in [0.25, 0.3) is 0 Å². The summed E-state index contributed by atoms with van der Waals surface area (Å²) in [7, 11) is 3.27. The van der Waals surface area contributed by atoms with Crippen molar-refractivity contribution in [1.82, 2.24) is 20.4 Å². The first-order chi connectivity index (χ1) is 20.5. The standard InChI is InChI=1S/2C16H14N2O2.C2H6/c1-11-3-5-12(6-4-11)15-17-18-16(20-15)13-7-9-14(19-2)10-8-13;1-11-6-8-12(9-7-11)15-17-18-16(20-15)13-4-3-5-14(10-13)19-2;1-2/h2*3-10H,1-2H3;1-2H3. The van der Waals surface area contributed by atoms with Gasteiger partial charge in [0.1, 0.15) is 11.5 Å². The van der Waals surface area contributed by atoms with Crippen molar-refractivity contribution >= 4 is 0 Å². The Hall–Kier alpha value is -5.24. The lowest BCUT2D eigenvalue weighted by molar-refractivity contribution is 0.414. The van der Waals surface area contributed by atoms with E-state index in [1.165, 1.54) is 11.1 Å². The Morgan fingerprint density at radius 1 is 0.452 bits per heavy atom. The normalized spacial score (nSPS) is 10.1. The van der Waals surface area contributed by atoms with Crippen molar-refractivity contribution in [1.29, 1.82) is 0 Å². The third-order valence-electron chi connectivity index (χ3n) is 6.10. The van der Waals surface area contributed by atoms with E-state index >= 15 is 0 Å². The highest BCUT2D eigenvalue weighted by Gasteiger charge is 2.12. The minimum Gasteiger partial charge on any atom is -0.497 e. The topological polar surface area (TPSA) is 96.3 Å². The first kappa shape index (κ1) is 29.7. The van der Waals surface area contributed by atoms with Crippen LogP contribution in [0, 0.1) is 13.8 Å². The molecule has 214 valence electrons. The minimum atomic E-state index is 0.486. The number of methoxy groups -OCH3 is 2. The summed E-state index contributed by atoms with van der Waals surface area (Å²) < 4.78 is 21.7. The van der Waals surface area contributed by atoms with Crippen LogP contribution in [0.4, 0.5) is 0 Å². The van der Waals surface area contributed by atoms with Crippen LogP contribution in [-0.4, -0.2) is 34.6 Å². The molecule has 0 saturated heterocycles. The predicted octanol–water partition coefficient (Wildman–Crippen LogP) is 8.47. The van der Waals surface area contributed by atoms with E-state index in [0.717, 1.165) is 33.8 Å². The van der Waals surface area contributed by atoms with Gasteiger partial charge in [-0.05, 0) is 80.6 Å². The van der Waals surface area contributed by atoms with E-state index in [-0.39, 0.29) is 0 Å². The van der Waals surface area contributed by atoms with Crippen LogP contribution in [0.15, 0.2) is 106 Å². The monoisotopic (exact) mass is 562 g/mol. The van der Waals surface area contributed by atoms with Crippen LogP contribution in [0.2, 0.25) is 0 Å². The second-order valence-electron chi connectivity index (χ2n) is 9.02. The number of benzene rings is 4. The maximum Gasteiger partial charge on any atom is 0.248 e. The van der Waals surface area contributed by atoms with Crippen LogP contribution in [0.5, 0.6) is 11.5 Å². The van der Waals surface area contributed by atoms with Crippen LogP contribution < -0.4 is 9.47 Å². The molecule has 42 heavy (non-hydrogen) atoms. The maximum absolute atomic E-state index is 5.72. The van der Waals surface area contributed by atoms with E-state index in [1.54, 1.807) is 14.2 Å². The maximum atomic E-state index is 5.72. The van der Waals surface area contributed by atoms with E-state index in [9.17, 15) is 0 Å². The summed E-state index contributed by atoms with van der Waals surface area (Å²) in [5.41, 5.74) is 5.94. The molecular formula is C34H34N4O4. The Morgan fingerprint density at radius 2 is 0.833 bits per heavy atom. The van der Waals surface area contributed by atoms with Crippen LogP contribution in [0.1, 0.15) is 25.0 Å². The Labute approximate surface area is 246 Å². The molecule has 0 aliphatic heterocycles. The number of rotatable bonds is 6. The first-order valence-electron chi connectivity index (χ1n) is 13.6. The average molecular weight is 563 g/mol. The van der Waals surface area contributed by atoms with E-state index in [0.29, 0.717) is 23.6 Å². The minimum absolute atomic E-state index is 0.486. The number of nitrogens with zero attached hydrogens (tertiary/aromatic N) is 4. The molecule has 0 bridgehead atoms. The molecule has 6 aromatic rings. The molecule has 0 fully saturated rings. The van der Waals surface area contributed by atoms with Gasteiger partial charge in [0.2, 0.25) is 23.6 Å². The number of hydrogen-bond donors (Lipinski definition) is 0. The van der Waals surface area contributed by atoms with Gasteiger partial charge in [-0.25, -0.2) is 0 Å². The molecule has 4 aromatic carbocycles. The van der Waals surface area contributed by atoms with E-state index in [4.69, 9.17) is 18.3 Å². The summed E-state index contributed by atoms with van der Waals surface area (Å²) in [5, 5.41) is 16.3. The van der Waals surface area contributed by atoms with Crippen molar-refractivity contribution in [3.8, 4) is 57.3 Å². The van der Waals surface area contributed by atoms with Crippen molar-refractivity contribution in [2.75, 3.05) is 14.2 Å². The van der Waals surface area contributed by atoms with Crippen molar-refractivity contribution in [2.45, 2.75) is 27.7 Å². The summed E-state index contributed by atoms with van der Waals surface area (Å²) in [6.45, 7) is 8.08. The zero-order valence-corrected chi connectivity index (χ0v) is 24.7. The van der Waals surface area contributed by atoms with Crippen LogP contribution in [0.3, 0.4) is 0 Å². The molecule has 0 spiro atoms. The van der Waals surface area contributed by atoms with Crippen molar-refractivity contribution in [3.05, 3.63) is 108 Å². The molecule has 6 rings (SSSR count). The van der Waals surface area contributed by atoms with E-state index in [2.05, 4.69) is 20.4 Å². The van der Waals surface area contributed by atoms with Gasteiger partial charge in [-0.3, -0.25) is 0 Å². The molecular weight excluding hydrogens is 528 g/mol. The summed E-state index contributed by atoms with van der Waals surface area (Å²) >= 11 is 0. The zero-order valence-electron chi connectivity index (χ0n) is 24.7. The highest BCUT2D eigenvalue weighted by atomic mass is 16.5. The molecule has 8 heteroatoms. The Bertz CT molecular complexity index is 1670. The van der Waals surface area contributed by atoms with E-state index in [1.807, 2.05) is 125 Å². The molecule has 0 aliphatic rings. The number of hydrogen-bond acceptors (Lipinski definition) is 8. The van der Waals surface area contributed by atoms with Gasteiger partial charge < -0.3 is 18.3 Å². The molecule has 8 nitrogen and oxygen atoms in total. The zero-order chi connectivity index (χ0) is 29.9. The summed E-state index contributed by atoms with van der Waals surface area (Å²) in [5.74, 6) is 3.59. The Kier molecular flexibility index (Phi) is 10.2. The lowest BCUT2D eigenvalue weighted by Crippen LogP contribution is -1.83. The van der Waals surface area contributed by atoms with Gasteiger partial charge in [-0.2, -0.15) is 0 Å². The summed E-state index contributed by atoms with van der Waals surface area (Å²) in [6.07, 6.45) is 0. The molecule has 2 heterocycles. The van der Waals surface area contributed by atoms with Gasteiger partial charge in [-0.1, -0.05) is 55.3 Å². The highest BCUT2D eigenvalue weighted by molar-refractivity contribution is 5.60. The third kappa shape index (κ3) is 7.48. The molecule has 0 atom stereocenters. The quantitative estimate of drug-likeness (QED) is 0.199. The smallest absolute Gasteiger partial charge is 0.248 e. The number of aromatic nitrogens is 4. The van der Waals surface area contributed by atoms with E-state index < -0.39 is 0 Å². The molecule has 0 saturated carbocycles. The first-order valence-corrected chi connectivity index (χ1v) is 13.6. The SMILES string of the molecule is CC.COc1ccc(-c2nnc(-c3ccc(C)cc3)o2)cc1.COc1cccc(-c2nnc(-c3ccc(C)cc3)o2)c1. The van der Waals surface area contributed by atoms with Gasteiger partial charge in [0.05, 0.1) is 14.2 Å². The summed E-state index contributed by atoms with van der Waals surface area (Å²) in [4.78, 5) is 0. The van der Waals surface area contributed by atoms with Gasteiger partial charge in [0.15, 0.2) is 0 Å². The Balaban J connectivity index is 0.000000182. The Morgan fingerprint density at radius 3 is 1.24 bits per heavy atom. The molecule has 0 N–H and O–H groups in total. The fraction of sp³-hybridized carbons (Fsp3) is 0.176. The second kappa shape index (κ2) is 14.4. The fourth-order valence-corrected chi connectivity index (χ4v) is 3.80. The molecule has 0 aliphatic carbocycles.